The summed E-state index contributed by atoms with van der Waals surface area (Å²) in [6.45, 7) is 3.56. The van der Waals surface area contributed by atoms with Gasteiger partial charge in [-0.1, -0.05) is 35.9 Å². The summed E-state index contributed by atoms with van der Waals surface area (Å²) in [6, 6.07) is 9.06. The number of benzene rings is 2. The van der Waals surface area contributed by atoms with E-state index in [2.05, 4.69) is 0 Å². The highest BCUT2D eigenvalue weighted by Crippen LogP contribution is 2.37. The van der Waals surface area contributed by atoms with Gasteiger partial charge >= 0.3 is 12.2 Å². The SMILES string of the molecule is CC1CN(C(=O)N(Cc2ccc(C(=O)CO)cc2)c2ccc(Cl)c(C(F)(F)F)c2)CC(C)O1. The molecular weight excluding hydrogens is 461 g/mol. The van der Waals surface area contributed by atoms with Crippen LogP contribution in [-0.2, 0) is 17.5 Å². The van der Waals surface area contributed by atoms with E-state index >= 15 is 0 Å². The van der Waals surface area contributed by atoms with Crippen molar-refractivity contribution >= 4 is 29.1 Å². The monoisotopic (exact) mass is 484 g/mol. The standard InChI is InChI=1S/C23H24ClF3N2O4/c1-14-10-28(11-15(2)33-14)22(32)29(12-16-3-5-17(6-4-16)21(31)13-30)18-7-8-20(24)19(9-18)23(25,26)27/h3-9,14-15,30H,10-13H2,1-2H3. The lowest BCUT2D eigenvalue weighted by Crippen LogP contribution is -2.52. The van der Waals surface area contributed by atoms with E-state index in [0.717, 1.165) is 12.1 Å². The van der Waals surface area contributed by atoms with Crippen LogP contribution in [0.5, 0.6) is 0 Å². The topological polar surface area (TPSA) is 70.1 Å². The second-order valence-corrected chi connectivity index (χ2v) is 8.38. The highest BCUT2D eigenvalue weighted by Gasteiger charge is 2.35. The van der Waals surface area contributed by atoms with Crippen LogP contribution < -0.4 is 4.90 Å². The molecule has 2 unspecified atom stereocenters. The van der Waals surface area contributed by atoms with E-state index in [-0.39, 0.29) is 24.4 Å². The molecule has 1 aliphatic heterocycles. The highest BCUT2D eigenvalue weighted by molar-refractivity contribution is 6.31. The Hall–Kier alpha value is -2.62. The Morgan fingerprint density at radius 2 is 1.73 bits per heavy atom. The summed E-state index contributed by atoms with van der Waals surface area (Å²) >= 11 is 5.77. The van der Waals surface area contributed by atoms with Gasteiger partial charge in [-0.25, -0.2) is 4.79 Å². The van der Waals surface area contributed by atoms with E-state index in [1.54, 1.807) is 17.0 Å². The van der Waals surface area contributed by atoms with Crippen molar-refractivity contribution in [2.75, 3.05) is 24.6 Å². The average Bonchev–Trinajstić information content (AvgIpc) is 2.76. The fourth-order valence-electron chi connectivity index (χ4n) is 3.74. The van der Waals surface area contributed by atoms with E-state index in [1.807, 2.05) is 13.8 Å². The fraction of sp³-hybridized carbons (Fsp3) is 0.391. The number of Topliss-reactive ketones (excluding diaryl/α,β-unsaturated/α-hetero) is 1. The lowest BCUT2D eigenvalue weighted by atomic mass is 10.1. The van der Waals surface area contributed by atoms with Crippen molar-refractivity contribution in [3.05, 3.63) is 64.2 Å². The van der Waals surface area contributed by atoms with Crippen molar-refractivity contribution in [2.24, 2.45) is 0 Å². The van der Waals surface area contributed by atoms with Crippen LogP contribution in [0.1, 0.15) is 35.3 Å². The molecule has 0 aromatic heterocycles. The first-order chi connectivity index (χ1) is 15.5. The lowest BCUT2D eigenvalue weighted by Gasteiger charge is -2.38. The molecule has 1 fully saturated rings. The van der Waals surface area contributed by atoms with E-state index in [1.165, 1.54) is 23.1 Å². The summed E-state index contributed by atoms with van der Waals surface area (Å²) in [4.78, 5) is 27.9. The number of ether oxygens (including phenoxy) is 1. The molecule has 1 aliphatic rings. The first-order valence-corrected chi connectivity index (χ1v) is 10.7. The summed E-state index contributed by atoms with van der Waals surface area (Å²) in [5.74, 6) is -0.460. The van der Waals surface area contributed by atoms with Gasteiger partial charge < -0.3 is 14.7 Å². The minimum Gasteiger partial charge on any atom is -0.388 e. The normalized spacial score (nSPS) is 18.8. The summed E-state index contributed by atoms with van der Waals surface area (Å²) in [6.07, 6.45) is -5.13. The first-order valence-electron chi connectivity index (χ1n) is 10.3. The summed E-state index contributed by atoms with van der Waals surface area (Å²) in [5.41, 5.74) is -0.109. The molecule has 178 valence electrons. The Morgan fingerprint density at radius 3 is 2.27 bits per heavy atom. The molecule has 10 heteroatoms. The lowest BCUT2D eigenvalue weighted by molar-refractivity contribution is -0.137. The van der Waals surface area contributed by atoms with Crippen LogP contribution in [0.3, 0.4) is 0 Å². The summed E-state index contributed by atoms with van der Waals surface area (Å²) < 4.78 is 46.1. The molecule has 6 nitrogen and oxygen atoms in total. The fourth-order valence-corrected chi connectivity index (χ4v) is 3.97. The van der Waals surface area contributed by atoms with Crippen molar-refractivity contribution in [3.8, 4) is 0 Å². The van der Waals surface area contributed by atoms with Gasteiger partial charge in [0.2, 0.25) is 0 Å². The predicted molar refractivity (Wildman–Crippen MR) is 117 cm³/mol. The van der Waals surface area contributed by atoms with Crippen molar-refractivity contribution in [2.45, 2.75) is 38.8 Å². The third-order valence-electron chi connectivity index (χ3n) is 5.25. The Bertz CT molecular complexity index is 1000. The maximum absolute atomic E-state index is 13.5. The Morgan fingerprint density at radius 1 is 1.12 bits per heavy atom. The molecule has 2 aromatic rings. The number of aliphatic hydroxyl groups excluding tert-OH is 1. The second-order valence-electron chi connectivity index (χ2n) is 7.97. The number of carbonyl (C=O) groups is 2. The molecule has 0 spiro atoms. The zero-order chi connectivity index (χ0) is 24.3. The van der Waals surface area contributed by atoms with Crippen LogP contribution in [0.4, 0.5) is 23.7 Å². The number of hydrogen-bond acceptors (Lipinski definition) is 4. The van der Waals surface area contributed by atoms with Gasteiger partial charge in [-0.3, -0.25) is 9.69 Å². The number of anilines is 1. The minimum atomic E-state index is -4.68. The molecule has 2 atom stereocenters. The molecule has 0 radical (unpaired) electrons. The van der Waals surface area contributed by atoms with Crippen LogP contribution in [0, 0.1) is 0 Å². The maximum Gasteiger partial charge on any atom is 0.417 e. The van der Waals surface area contributed by atoms with Crippen molar-refractivity contribution in [1.82, 2.24) is 4.90 Å². The van der Waals surface area contributed by atoms with Gasteiger partial charge in [0, 0.05) is 24.3 Å². The van der Waals surface area contributed by atoms with Gasteiger partial charge in [-0.2, -0.15) is 13.2 Å². The number of nitrogens with zero attached hydrogens (tertiary/aromatic N) is 2. The first kappa shape index (κ1) is 25.0. The average molecular weight is 485 g/mol. The van der Waals surface area contributed by atoms with Crippen molar-refractivity contribution < 1.29 is 32.6 Å². The number of morpholine rings is 1. The molecule has 0 aliphatic carbocycles. The zero-order valence-electron chi connectivity index (χ0n) is 18.1. The molecule has 1 heterocycles. The van der Waals surface area contributed by atoms with Crippen LogP contribution in [0.25, 0.3) is 0 Å². The quantitative estimate of drug-likeness (QED) is 0.621. The number of alkyl halides is 3. The largest absolute Gasteiger partial charge is 0.417 e. The number of amides is 2. The molecule has 2 aromatic carbocycles. The van der Waals surface area contributed by atoms with Crippen molar-refractivity contribution in [3.63, 3.8) is 0 Å². The smallest absolute Gasteiger partial charge is 0.388 e. The zero-order valence-corrected chi connectivity index (χ0v) is 18.9. The summed E-state index contributed by atoms with van der Waals surface area (Å²) in [7, 11) is 0. The number of urea groups is 1. The van der Waals surface area contributed by atoms with E-state index in [4.69, 9.17) is 21.4 Å². The van der Waals surface area contributed by atoms with Crippen LogP contribution in [0.2, 0.25) is 5.02 Å². The number of hydrogen-bond donors (Lipinski definition) is 1. The molecule has 33 heavy (non-hydrogen) atoms. The van der Waals surface area contributed by atoms with E-state index < -0.39 is 35.2 Å². The summed E-state index contributed by atoms with van der Waals surface area (Å²) in [5, 5.41) is 8.55. The minimum absolute atomic E-state index is 0.0362. The van der Waals surface area contributed by atoms with Gasteiger partial charge in [0.1, 0.15) is 6.61 Å². The van der Waals surface area contributed by atoms with Crippen LogP contribution in [0.15, 0.2) is 42.5 Å². The highest BCUT2D eigenvalue weighted by atomic mass is 35.5. The van der Waals surface area contributed by atoms with Crippen LogP contribution in [-0.4, -0.2) is 53.7 Å². The Kier molecular flexibility index (Phi) is 7.66. The number of ketones is 1. The van der Waals surface area contributed by atoms with Crippen molar-refractivity contribution in [1.29, 1.82) is 0 Å². The van der Waals surface area contributed by atoms with Gasteiger partial charge in [-0.05, 0) is 37.6 Å². The Balaban J connectivity index is 1.98. The molecule has 0 bridgehead atoms. The van der Waals surface area contributed by atoms with Gasteiger partial charge in [-0.15, -0.1) is 0 Å². The number of carbonyl (C=O) groups excluding carboxylic acids is 2. The number of rotatable bonds is 5. The number of aliphatic hydroxyl groups is 1. The van der Waals surface area contributed by atoms with Gasteiger partial charge in [0.15, 0.2) is 5.78 Å². The third-order valence-corrected chi connectivity index (χ3v) is 5.58. The molecule has 0 saturated carbocycles. The molecule has 1 saturated heterocycles. The van der Waals surface area contributed by atoms with Crippen LogP contribution >= 0.6 is 11.6 Å². The number of halogens is 4. The van der Waals surface area contributed by atoms with E-state index in [0.29, 0.717) is 24.2 Å². The molecule has 1 N–H and O–H groups in total. The maximum atomic E-state index is 13.5. The predicted octanol–water partition coefficient (Wildman–Crippen LogP) is 4.77. The van der Waals surface area contributed by atoms with E-state index in [9.17, 15) is 22.8 Å². The van der Waals surface area contributed by atoms with Gasteiger partial charge in [0.05, 0.1) is 29.3 Å². The Labute approximate surface area is 194 Å². The second kappa shape index (κ2) is 10.1. The molecular formula is C23H24ClF3N2O4. The third kappa shape index (κ3) is 6.04. The molecule has 3 rings (SSSR count). The van der Waals surface area contributed by atoms with Gasteiger partial charge in [0.25, 0.3) is 0 Å². The molecule has 2 amide bonds.